The number of rotatable bonds is 3. The number of amides is 1. The van der Waals surface area contributed by atoms with Gasteiger partial charge >= 0.3 is 6.09 Å². The lowest BCUT2D eigenvalue weighted by Gasteiger charge is -2.13. The van der Waals surface area contributed by atoms with Crippen LogP contribution in [0.15, 0.2) is 54.6 Å². The summed E-state index contributed by atoms with van der Waals surface area (Å²) in [4.78, 5) is 13.6. The quantitative estimate of drug-likeness (QED) is 0.857. The number of ether oxygens (including phenoxy) is 2. The fourth-order valence-corrected chi connectivity index (χ4v) is 2.28. The van der Waals surface area contributed by atoms with E-state index < -0.39 is 0 Å². The van der Waals surface area contributed by atoms with Gasteiger partial charge in [-0.1, -0.05) is 30.3 Å². The highest BCUT2D eigenvalue weighted by Gasteiger charge is 2.33. The number of cyclic esters (lactones) is 1. The maximum Gasteiger partial charge on any atom is 0.415 e. The molecule has 0 spiro atoms. The van der Waals surface area contributed by atoms with Crippen molar-refractivity contribution in [3.8, 4) is 5.75 Å². The van der Waals surface area contributed by atoms with E-state index in [0.717, 1.165) is 17.0 Å². The molecule has 0 saturated carbocycles. The molecule has 1 unspecified atom stereocenters. The van der Waals surface area contributed by atoms with Gasteiger partial charge in [-0.2, -0.15) is 0 Å². The van der Waals surface area contributed by atoms with Crippen molar-refractivity contribution in [1.29, 1.82) is 0 Å². The standard InChI is InChI=1S/C16H15NO3/c1-19-14-9-7-13(8-10-14)17-11-15(20-16(17)18)12-5-3-2-4-6-12/h2-10,15H,11H2,1H3. The van der Waals surface area contributed by atoms with Crippen LogP contribution in [0.25, 0.3) is 0 Å². The lowest BCUT2D eigenvalue weighted by molar-refractivity contribution is 0.142. The molecule has 1 atom stereocenters. The summed E-state index contributed by atoms with van der Waals surface area (Å²) in [6.45, 7) is 0.523. The summed E-state index contributed by atoms with van der Waals surface area (Å²) < 4.78 is 10.5. The minimum Gasteiger partial charge on any atom is -0.497 e. The van der Waals surface area contributed by atoms with Crippen LogP contribution in [0.3, 0.4) is 0 Å². The average Bonchev–Trinajstić information content (AvgIpc) is 2.90. The second kappa shape index (κ2) is 5.25. The Labute approximate surface area is 117 Å². The summed E-state index contributed by atoms with van der Waals surface area (Å²) >= 11 is 0. The van der Waals surface area contributed by atoms with Crippen LogP contribution in [-0.4, -0.2) is 19.7 Å². The molecule has 1 heterocycles. The second-order valence-corrected chi connectivity index (χ2v) is 4.59. The van der Waals surface area contributed by atoms with Crippen LogP contribution >= 0.6 is 0 Å². The van der Waals surface area contributed by atoms with Crippen molar-refractivity contribution in [3.63, 3.8) is 0 Å². The molecule has 2 aromatic rings. The zero-order valence-electron chi connectivity index (χ0n) is 11.2. The van der Waals surface area contributed by atoms with Gasteiger partial charge in [0.05, 0.1) is 13.7 Å². The Balaban J connectivity index is 1.80. The monoisotopic (exact) mass is 269 g/mol. The van der Waals surface area contributed by atoms with Crippen LogP contribution in [-0.2, 0) is 4.74 Å². The van der Waals surface area contributed by atoms with E-state index >= 15 is 0 Å². The SMILES string of the molecule is COc1ccc(N2CC(c3ccccc3)OC2=O)cc1. The molecule has 1 aliphatic rings. The largest absolute Gasteiger partial charge is 0.497 e. The van der Waals surface area contributed by atoms with Crippen LogP contribution in [0.1, 0.15) is 11.7 Å². The van der Waals surface area contributed by atoms with Gasteiger partial charge in [-0.15, -0.1) is 0 Å². The average molecular weight is 269 g/mol. The Morgan fingerprint density at radius 2 is 1.80 bits per heavy atom. The fourth-order valence-electron chi connectivity index (χ4n) is 2.28. The minimum atomic E-state index is -0.316. The predicted molar refractivity (Wildman–Crippen MR) is 76.0 cm³/mol. The van der Waals surface area contributed by atoms with Gasteiger partial charge in [-0.05, 0) is 29.8 Å². The van der Waals surface area contributed by atoms with Gasteiger partial charge in [0, 0.05) is 5.69 Å². The van der Waals surface area contributed by atoms with Crippen LogP contribution in [0, 0.1) is 0 Å². The van der Waals surface area contributed by atoms with Crippen molar-refractivity contribution < 1.29 is 14.3 Å². The number of anilines is 1. The van der Waals surface area contributed by atoms with E-state index in [1.165, 1.54) is 0 Å². The maximum absolute atomic E-state index is 12.0. The zero-order chi connectivity index (χ0) is 13.9. The molecule has 0 aliphatic carbocycles. The molecule has 3 rings (SSSR count). The van der Waals surface area contributed by atoms with Gasteiger partial charge < -0.3 is 9.47 Å². The summed E-state index contributed by atoms with van der Waals surface area (Å²) in [7, 11) is 1.62. The highest BCUT2D eigenvalue weighted by atomic mass is 16.6. The summed E-state index contributed by atoms with van der Waals surface area (Å²) in [6.07, 6.45) is -0.533. The summed E-state index contributed by atoms with van der Waals surface area (Å²) in [5.74, 6) is 0.765. The molecule has 2 aromatic carbocycles. The van der Waals surface area contributed by atoms with Crippen molar-refractivity contribution >= 4 is 11.8 Å². The topological polar surface area (TPSA) is 38.8 Å². The third-order valence-corrected chi connectivity index (χ3v) is 3.37. The number of benzene rings is 2. The molecular weight excluding hydrogens is 254 g/mol. The highest BCUT2D eigenvalue weighted by molar-refractivity contribution is 5.89. The van der Waals surface area contributed by atoms with Gasteiger partial charge in [0.25, 0.3) is 0 Å². The molecule has 1 saturated heterocycles. The number of nitrogens with zero attached hydrogens (tertiary/aromatic N) is 1. The van der Waals surface area contributed by atoms with Gasteiger partial charge in [0.15, 0.2) is 0 Å². The second-order valence-electron chi connectivity index (χ2n) is 4.59. The Bertz CT molecular complexity index is 595. The minimum absolute atomic E-state index is 0.217. The number of methoxy groups -OCH3 is 1. The first-order valence-electron chi connectivity index (χ1n) is 6.45. The summed E-state index contributed by atoms with van der Waals surface area (Å²) in [5.41, 5.74) is 1.83. The Hall–Kier alpha value is -2.49. The Morgan fingerprint density at radius 1 is 1.10 bits per heavy atom. The smallest absolute Gasteiger partial charge is 0.415 e. The lowest BCUT2D eigenvalue weighted by Crippen LogP contribution is -2.23. The van der Waals surface area contributed by atoms with Crippen LogP contribution in [0.4, 0.5) is 10.5 Å². The first-order chi connectivity index (χ1) is 9.78. The molecule has 4 nitrogen and oxygen atoms in total. The van der Waals surface area contributed by atoms with Gasteiger partial charge in [0.2, 0.25) is 0 Å². The van der Waals surface area contributed by atoms with Gasteiger partial charge in [-0.25, -0.2) is 4.79 Å². The van der Waals surface area contributed by atoms with E-state index in [0.29, 0.717) is 6.54 Å². The van der Waals surface area contributed by atoms with Crippen molar-refractivity contribution in [1.82, 2.24) is 0 Å². The molecule has 1 amide bonds. The third-order valence-electron chi connectivity index (χ3n) is 3.37. The van der Waals surface area contributed by atoms with E-state index in [-0.39, 0.29) is 12.2 Å². The Kier molecular flexibility index (Phi) is 3.29. The van der Waals surface area contributed by atoms with Crippen LogP contribution in [0.2, 0.25) is 0 Å². The molecule has 0 radical (unpaired) electrons. The lowest BCUT2D eigenvalue weighted by atomic mass is 10.1. The van der Waals surface area contributed by atoms with Crippen LogP contribution in [0.5, 0.6) is 5.75 Å². The molecule has 1 fully saturated rings. The predicted octanol–water partition coefficient (Wildman–Crippen LogP) is 3.39. The van der Waals surface area contributed by atoms with Crippen LogP contribution < -0.4 is 9.64 Å². The fraction of sp³-hybridized carbons (Fsp3) is 0.188. The first kappa shape index (κ1) is 12.5. The van der Waals surface area contributed by atoms with E-state index in [1.807, 2.05) is 54.6 Å². The van der Waals surface area contributed by atoms with Gasteiger partial charge in [-0.3, -0.25) is 4.90 Å². The number of hydrogen-bond acceptors (Lipinski definition) is 3. The number of hydrogen-bond donors (Lipinski definition) is 0. The Morgan fingerprint density at radius 3 is 2.45 bits per heavy atom. The van der Waals surface area contributed by atoms with E-state index in [1.54, 1.807) is 12.0 Å². The van der Waals surface area contributed by atoms with Crippen molar-refractivity contribution in [3.05, 3.63) is 60.2 Å². The molecule has 0 aromatic heterocycles. The number of carbonyl (C=O) groups is 1. The normalized spacial score (nSPS) is 17.9. The molecule has 4 heteroatoms. The van der Waals surface area contributed by atoms with Crippen molar-refractivity contribution in [2.75, 3.05) is 18.6 Å². The molecule has 0 N–H and O–H groups in total. The molecule has 102 valence electrons. The molecule has 1 aliphatic heterocycles. The van der Waals surface area contributed by atoms with Gasteiger partial charge in [0.1, 0.15) is 11.9 Å². The third kappa shape index (κ3) is 2.32. The highest BCUT2D eigenvalue weighted by Crippen LogP contribution is 2.30. The molecule has 20 heavy (non-hydrogen) atoms. The van der Waals surface area contributed by atoms with E-state index in [2.05, 4.69) is 0 Å². The number of carbonyl (C=O) groups excluding carboxylic acids is 1. The summed E-state index contributed by atoms with van der Waals surface area (Å²) in [5, 5.41) is 0. The maximum atomic E-state index is 12.0. The van der Waals surface area contributed by atoms with E-state index in [9.17, 15) is 4.79 Å². The van der Waals surface area contributed by atoms with Crippen molar-refractivity contribution in [2.45, 2.75) is 6.10 Å². The first-order valence-corrected chi connectivity index (χ1v) is 6.45. The summed E-state index contributed by atoms with van der Waals surface area (Å²) in [6, 6.07) is 17.1. The molecule has 0 bridgehead atoms. The zero-order valence-corrected chi connectivity index (χ0v) is 11.2. The van der Waals surface area contributed by atoms with Crippen molar-refractivity contribution in [2.24, 2.45) is 0 Å². The molecular formula is C16H15NO3. The van der Waals surface area contributed by atoms with E-state index in [4.69, 9.17) is 9.47 Å².